The highest BCUT2D eigenvalue weighted by Gasteiger charge is 2.29. The molecular weight excluding hydrogens is 218 g/mol. The van der Waals surface area contributed by atoms with E-state index in [1.165, 1.54) is 25.0 Å². The normalized spacial score (nSPS) is 23.6. The highest BCUT2D eigenvalue weighted by atomic mass is 32.2. The van der Waals surface area contributed by atoms with E-state index in [9.17, 15) is 0 Å². The molecule has 1 aliphatic heterocycles. The summed E-state index contributed by atoms with van der Waals surface area (Å²) in [5.41, 5.74) is 0. The van der Waals surface area contributed by atoms with E-state index in [1.807, 2.05) is 11.8 Å². The van der Waals surface area contributed by atoms with Gasteiger partial charge in [-0.3, -0.25) is 0 Å². The van der Waals surface area contributed by atoms with E-state index in [4.69, 9.17) is 4.74 Å². The smallest absolute Gasteiger partial charge is 0.0821 e. The van der Waals surface area contributed by atoms with Crippen molar-refractivity contribution < 1.29 is 4.74 Å². The van der Waals surface area contributed by atoms with Crippen molar-refractivity contribution in [1.82, 2.24) is 5.32 Å². The molecule has 0 amide bonds. The van der Waals surface area contributed by atoms with E-state index in [2.05, 4.69) is 26.1 Å². The summed E-state index contributed by atoms with van der Waals surface area (Å²) in [4.78, 5) is 0. The van der Waals surface area contributed by atoms with Crippen molar-refractivity contribution in [2.45, 2.75) is 52.2 Å². The van der Waals surface area contributed by atoms with Crippen LogP contribution in [0, 0.1) is 5.92 Å². The largest absolute Gasteiger partial charge is 0.375 e. The van der Waals surface area contributed by atoms with Crippen LogP contribution >= 0.6 is 11.8 Å². The molecule has 1 rings (SSSR count). The fraction of sp³-hybridized carbons (Fsp3) is 1.00. The Morgan fingerprint density at radius 1 is 1.31 bits per heavy atom. The molecule has 16 heavy (non-hydrogen) atoms. The Hall–Kier alpha value is 0.270. The van der Waals surface area contributed by atoms with Gasteiger partial charge in [-0.2, -0.15) is 11.8 Å². The van der Waals surface area contributed by atoms with E-state index in [0.29, 0.717) is 12.1 Å². The first-order chi connectivity index (χ1) is 7.83. The van der Waals surface area contributed by atoms with Gasteiger partial charge in [-0.05, 0) is 18.9 Å². The molecule has 0 saturated carbocycles. The van der Waals surface area contributed by atoms with Gasteiger partial charge in [0.25, 0.3) is 0 Å². The van der Waals surface area contributed by atoms with Crippen LogP contribution in [0.5, 0.6) is 0 Å². The molecule has 0 aromatic heterocycles. The Bertz CT molecular complexity index is 167. The van der Waals surface area contributed by atoms with Crippen LogP contribution in [0.1, 0.15) is 40.0 Å². The average molecular weight is 245 g/mol. The first-order valence-corrected chi connectivity index (χ1v) is 7.91. The van der Waals surface area contributed by atoms with Crippen molar-refractivity contribution >= 4 is 11.8 Å². The number of hydrogen-bond donors (Lipinski definition) is 1. The van der Waals surface area contributed by atoms with Crippen LogP contribution in [0.3, 0.4) is 0 Å². The fourth-order valence-electron chi connectivity index (χ4n) is 2.42. The summed E-state index contributed by atoms with van der Waals surface area (Å²) < 4.78 is 5.94. The van der Waals surface area contributed by atoms with E-state index in [1.54, 1.807) is 0 Å². The lowest BCUT2D eigenvalue weighted by Gasteiger charge is -2.35. The highest BCUT2D eigenvalue weighted by molar-refractivity contribution is 7.99. The van der Waals surface area contributed by atoms with Crippen LogP contribution < -0.4 is 5.32 Å². The summed E-state index contributed by atoms with van der Waals surface area (Å²) in [6.45, 7) is 8.87. The summed E-state index contributed by atoms with van der Waals surface area (Å²) in [6.07, 6.45) is 4.14. The monoisotopic (exact) mass is 245 g/mol. The molecule has 1 fully saturated rings. The number of hydrogen-bond acceptors (Lipinski definition) is 3. The number of nitrogens with one attached hydrogen (secondary N) is 1. The van der Waals surface area contributed by atoms with Gasteiger partial charge in [0.2, 0.25) is 0 Å². The van der Waals surface area contributed by atoms with Crippen molar-refractivity contribution in [3.05, 3.63) is 0 Å². The van der Waals surface area contributed by atoms with Gasteiger partial charge in [0, 0.05) is 17.5 Å². The van der Waals surface area contributed by atoms with Gasteiger partial charge in [0.15, 0.2) is 0 Å². The number of rotatable bonds is 7. The highest BCUT2D eigenvalue weighted by Crippen LogP contribution is 2.23. The number of thioether (sulfide) groups is 1. The lowest BCUT2D eigenvalue weighted by molar-refractivity contribution is 0.0282. The van der Waals surface area contributed by atoms with Gasteiger partial charge >= 0.3 is 0 Å². The molecule has 2 atom stereocenters. The molecule has 0 bridgehead atoms. The first kappa shape index (κ1) is 14.3. The first-order valence-electron chi connectivity index (χ1n) is 6.76. The van der Waals surface area contributed by atoms with Crippen LogP contribution in [0.15, 0.2) is 0 Å². The van der Waals surface area contributed by atoms with Gasteiger partial charge in [0.05, 0.1) is 12.7 Å². The van der Waals surface area contributed by atoms with Crippen LogP contribution in [-0.4, -0.2) is 36.8 Å². The zero-order chi connectivity index (χ0) is 11.8. The molecule has 0 spiro atoms. The minimum atomic E-state index is 0.426. The summed E-state index contributed by atoms with van der Waals surface area (Å²) in [5.74, 6) is 3.09. The molecule has 0 aliphatic carbocycles. The van der Waals surface area contributed by atoms with Crippen LogP contribution in [0.2, 0.25) is 0 Å². The summed E-state index contributed by atoms with van der Waals surface area (Å²) >= 11 is 2.04. The zero-order valence-corrected chi connectivity index (χ0v) is 11.8. The summed E-state index contributed by atoms with van der Waals surface area (Å²) in [5, 5.41) is 3.70. The Balaban J connectivity index is 2.52. The standard InChI is InChI=1S/C13H27NOS/c1-4-7-14-13(11(5-2)6-3)12-10-16-9-8-15-12/h11-14H,4-10H2,1-3H3. The Morgan fingerprint density at radius 3 is 2.56 bits per heavy atom. The van der Waals surface area contributed by atoms with Crippen LogP contribution in [-0.2, 0) is 4.74 Å². The molecule has 0 aromatic rings. The van der Waals surface area contributed by atoms with Crippen LogP contribution in [0.25, 0.3) is 0 Å². The third-order valence-electron chi connectivity index (χ3n) is 3.43. The second-order valence-corrected chi connectivity index (χ2v) is 5.69. The topological polar surface area (TPSA) is 21.3 Å². The predicted molar refractivity (Wildman–Crippen MR) is 73.2 cm³/mol. The second-order valence-electron chi connectivity index (χ2n) is 4.54. The summed E-state index contributed by atoms with van der Waals surface area (Å²) in [6, 6.07) is 0.558. The lowest BCUT2D eigenvalue weighted by atomic mass is 9.90. The average Bonchev–Trinajstić information content (AvgIpc) is 2.35. The molecule has 1 heterocycles. The SMILES string of the molecule is CCCNC(C(CC)CC)C1CSCCO1. The van der Waals surface area contributed by atoms with E-state index in [0.717, 1.165) is 24.8 Å². The van der Waals surface area contributed by atoms with Crippen molar-refractivity contribution in [2.24, 2.45) is 5.92 Å². The molecule has 0 radical (unpaired) electrons. The van der Waals surface area contributed by atoms with Crippen molar-refractivity contribution in [3.63, 3.8) is 0 Å². The molecule has 0 aromatic carbocycles. The van der Waals surface area contributed by atoms with Crippen molar-refractivity contribution in [2.75, 3.05) is 24.7 Å². The fourth-order valence-corrected chi connectivity index (χ4v) is 3.34. The minimum absolute atomic E-state index is 0.426. The maximum atomic E-state index is 5.94. The van der Waals surface area contributed by atoms with Gasteiger partial charge in [0.1, 0.15) is 0 Å². The summed E-state index contributed by atoms with van der Waals surface area (Å²) in [7, 11) is 0. The molecular formula is C13H27NOS. The van der Waals surface area contributed by atoms with Crippen LogP contribution in [0.4, 0.5) is 0 Å². The predicted octanol–water partition coefficient (Wildman–Crippen LogP) is 2.92. The van der Waals surface area contributed by atoms with E-state index in [-0.39, 0.29) is 0 Å². The van der Waals surface area contributed by atoms with Crippen molar-refractivity contribution in [3.8, 4) is 0 Å². The quantitative estimate of drug-likeness (QED) is 0.745. The molecule has 2 nitrogen and oxygen atoms in total. The molecule has 96 valence electrons. The van der Waals surface area contributed by atoms with Gasteiger partial charge < -0.3 is 10.1 Å². The Morgan fingerprint density at radius 2 is 2.06 bits per heavy atom. The lowest BCUT2D eigenvalue weighted by Crippen LogP contribution is -2.49. The maximum absolute atomic E-state index is 5.94. The molecule has 1 saturated heterocycles. The van der Waals surface area contributed by atoms with E-state index >= 15 is 0 Å². The maximum Gasteiger partial charge on any atom is 0.0821 e. The third-order valence-corrected chi connectivity index (χ3v) is 4.45. The Labute approximate surface area is 105 Å². The van der Waals surface area contributed by atoms with Gasteiger partial charge in [-0.15, -0.1) is 0 Å². The Kier molecular flexibility index (Phi) is 7.50. The minimum Gasteiger partial charge on any atom is -0.375 e. The second kappa shape index (κ2) is 8.37. The van der Waals surface area contributed by atoms with E-state index < -0.39 is 0 Å². The zero-order valence-electron chi connectivity index (χ0n) is 11.0. The van der Waals surface area contributed by atoms with Gasteiger partial charge in [-0.25, -0.2) is 0 Å². The number of ether oxygens (including phenoxy) is 1. The molecule has 1 aliphatic rings. The van der Waals surface area contributed by atoms with Gasteiger partial charge in [-0.1, -0.05) is 33.6 Å². The molecule has 2 unspecified atom stereocenters. The van der Waals surface area contributed by atoms with Crippen molar-refractivity contribution in [1.29, 1.82) is 0 Å². The molecule has 3 heteroatoms. The molecule has 1 N–H and O–H groups in total. The third kappa shape index (κ3) is 4.27.